The molecule has 0 spiro atoms. The van der Waals surface area contributed by atoms with Gasteiger partial charge in [0.15, 0.2) is 12.2 Å². The fourth-order valence-electron chi connectivity index (χ4n) is 10.5. The number of phosphoric acid groups is 2. The maximum Gasteiger partial charge on any atom is 0.472 e. The summed E-state index contributed by atoms with van der Waals surface area (Å²) in [7, 11) is -9.98. The van der Waals surface area contributed by atoms with Crippen molar-refractivity contribution in [2.24, 2.45) is 0 Å². The average Bonchev–Trinajstić information content (AvgIpc) is 0.917. The first-order chi connectivity index (χ1) is 49.7. The van der Waals surface area contributed by atoms with Gasteiger partial charge in [-0.05, 0) is 141 Å². The number of phosphoric ester groups is 2. The van der Waals surface area contributed by atoms with Gasteiger partial charge < -0.3 is 33.8 Å². The van der Waals surface area contributed by atoms with Crippen molar-refractivity contribution >= 4 is 39.5 Å². The molecule has 0 aromatic heterocycles. The molecule has 0 radical (unpaired) electrons. The van der Waals surface area contributed by atoms with E-state index >= 15 is 0 Å². The number of rotatable bonds is 75. The summed E-state index contributed by atoms with van der Waals surface area (Å²) in [6.45, 7) is 4.72. The Kier molecular flexibility index (Phi) is 71.8. The summed E-state index contributed by atoms with van der Waals surface area (Å²) in [5.74, 6) is -2.27. The van der Waals surface area contributed by atoms with Crippen molar-refractivity contribution < 1.29 is 80.2 Å². The molecule has 0 aliphatic rings. The van der Waals surface area contributed by atoms with Crippen LogP contribution in [0.15, 0.2) is 109 Å². The molecule has 5 atom stereocenters. The maximum atomic E-state index is 13.1. The number of allylic oxidation sites excluding steroid dienone is 18. The number of ether oxygens (including phenoxy) is 4. The van der Waals surface area contributed by atoms with Crippen molar-refractivity contribution in [3.05, 3.63) is 109 Å². The second-order valence-electron chi connectivity index (χ2n) is 26.7. The standard InChI is InChI=1S/C83H144O17P2/c1-5-9-13-17-21-25-29-33-37-38-42-46-50-54-58-62-66-70-83(88)100-79(74-94-81(86)68-64-60-56-52-48-44-40-35-31-27-23-19-15-11-7-3)76-98-102(91,92)96-72-77(84)71-95-101(89,90)97-75-78(99-82(87)69-65-61-57-53-49-45-41-36-32-28-24-20-16-12-8-4)73-93-80(85)67-63-59-55-51-47-43-39-34-30-26-22-18-14-10-6-2/h21,25-26,28,30,32-37,39-42,46,54,58,77-79,84H,5-20,22-24,27,29,31,38,43-45,47-53,55-57,59-76H2,1-4H3,(H,89,90)(H,91,92)/b25-21-,30-26-,32-28-,37-33-,39-34-,40-35-,41-36-,46-42-,58-54-/t77-,78-,79-/m1/s1. The number of esters is 4. The first-order valence-corrected chi connectivity index (χ1v) is 43.2. The molecule has 0 aliphatic heterocycles. The Hall–Kier alpha value is -4.28. The average molecular weight is 1480 g/mol. The van der Waals surface area contributed by atoms with E-state index in [0.717, 1.165) is 141 Å². The summed E-state index contributed by atoms with van der Waals surface area (Å²) >= 11 is 0. The van der Waals surface area contributed by atoms with Gasteiger partial charge in [0.1, 0.15) is 19.3 Å². The molecule has 2 unspecified atom stereocenters. The van der Waals surface area contributed by atoms with Crippen LogP contribution in [0.25, 0.3) is 0 Å². The highest BCUT2D eigenvalue weighted by molar-refractivity contribution is 7.47. The number of carbonyl (C=O) groups is 4. The molecule has 0 saturated heterocycles. The Labute approximate surface area is 619 Å². The Morgan fingerprint density at radius 3 is 0.873 bits per heavy atom. The van der Waals surface area contributed by atoms with Crippen LogP contribution in [0.3, 0.4) is 0 Å². The van der Waals surface area contributed by atoms with Crippen molar-refractivity contribution in [2.45, 2.75) is 354 Å². The van der Waals surface area contributed by atoms with Gasteiger partial charge in [-0.3, -0.25) is 37.3 Å². The fraction of sp³-hybridized carbons (Fsp3) is 0.735. The Balaban J connectivity index is 5.44. The highest BCUT2D eigenvalue weighted by Gasteiger charge is 2.30. The third kappa shape index (κ3) is 74.0. The SMILES string of the molecule is CCCCC/C=C\C/C=C\C/C=C\C/C=C\CCCC(=O)O[C@H](COC(=O)CCCCCCC/C=C\CCCCCCCC)COP(=O)(O)OC[C@H](O)COP(=O)(O)OC[C@@H](COC(=O)CCCCCCC/C=C\C=C/CCCCCC)OC(=O)CCCCCCC/C=C\C=C/CCCCCC. The van der Waals surface area contributed by atoms with Gasteiger partial charge in [-0.2, -0.15) is 0 Å². The minimum atomic E-state index is -5.00. The lowest BCUT2D eigenvalue weighted by Gasteiger charge is -2.21. The minimum absolute atomic E-state index is 0.0164. The Bertz CT molecular complexity index is 2360. The number of hydrogen-bond acceptors (Lipinski definition) is 15. The lowest BCUT2D eigenvalue weighted by atomic mass is 10.1. The van der Waals surface area contributed by atoms with Gasteiger partial charge in [0.05, 0.1) is 26.4 Å². The third-order valence-corrected chi connectivity index (χ3v) is 18.6. The van der Waals surface area contributed by atoms with Gasteiger partial charge in [-0.15, -0.1) is 0 Å². The summed E-state index contributed by atoms with van der Waals surface area (Å²) in [5, 5.41) is 10.6. The van der Waals surface area contributed by atoms with E-state index in [9.17, 15) is 43.2 Å². The molecular formula is C83H144O17P2. The zero-order valence-corrected chi connectivity index (χ0v) is 66.0. The summed E-state index contributed by atoms with van der Waals surface area (Å²) in [4.78, 5) is 73.0. The highest BCUT2D eigenvalue weighted by atomic mass is 31.2. The van der Waals surface area contributed by atoms with E-state index in [4.69, 9.17) is 37.0 Å². The summed E-state index contributed by atoms with van der Waals surface area (Å²) < 4.78 is 68.5. The van der Waals surface area contributed by atoms with Crippen LogP contribution in [0.4, 0.5) is 0 Å². The zero-order valence-electron chi connectivity index (χ0n) is 64.3. The van der Waals surface area contributed by atoms with Crippen LogP contribution in [-0.2, 0) is 65.4 Å². The van der Waals surface area contributed by atoms with Crippen LogP contribution in [0.2, 0.25) is 0 Å². The van der Waals surface area contributed by atoms with E-state index in [1.165, 1.54) is 109 Å². The lowest BCUT2D eigenvalue weighted by Crippen LogP contribution is -2.30. The highest BCUT2D eigenvalue weighted by Crippen LogP contribution is 2.45. The monoisotopic (exact) mass is 1470 g/mol. The van der Waals surface area contributed by atoms with Gasteiger partial charge >= 0.3 is 39.5 Å². The molecule has 0 saturated carbocycles. The van der Waals surface area contributed by atoms with Crippen molar-refractivity contribution in [1.82, 2.24) is 0 Å². The van der Waals surface area contributed by atoms with Gasteiger partial charge in [-0.25, -0.2) is 9.13 Å². The van der Waals surface area contributed by atoms with Gasteiger partial charge in [0.2, 0.25) is 0 Å². The smallest absolute Gasteiger partial charge is 0.462 e. The lowest BCUT2D eigenvalue weighted by molar-refractivity contribution is -0.161. The first-order valence-electron chi connectivity index (χ1n) is 40.2. The third-order valence-electron chi connectivity index (χ3n) is 16.7. The van der Waals surface area contributed by atoms with E-state index in [2.05, 4.69) is 125 Å². The van der Waals surface area contributed by atoms with Crippen molar-refractivity contribution in [3.63, 3.8) is 0 Å². The second kappa shape index (κ2) is 75.0. The first kappa shape index (κ1) is 97.7. The second-order valence-corrected chi connectivity index (χ2v) is 29.6. The van der Waals surface area contributed by atoms with Crippen LogP contribution in [-0.4, -0.2) is 96.7 Å². The maximum absolute atomic E-state index is 13.1. The molecule has 0 bridgehead atoms. The molecule has 0 fully saturated rings. The molecule has 0 aromatic rings. The number of carbonyl (C=O) groups excluding carboxylic acids is 4. The molecule has 17 nitrogen and oxygen atoms in total. The summed E-state index contributed by atoms with van der Waals surface area (Å²) in [6.07, 6.45) is 80.7. The summed E-state index contributed by atoms with van der Waals surface area (Å²) in [5.41, 5.74) is 0. The Morgan fingerprint density at radius 2 is 0.520 bits per heavy atom. The number of aliphatic hydroxyl groups excluding tert-OH is 1. The van der Waals surface area contributed by atoms with E-state index < -0.39 is 97.5 Å². The number of aliphatic hydroxyl groups is 1. The van der Waals surface area contributed by atoms with E-state index in [0.29, 0.717) is 32.1 Å². The number of hydrogen-bond donors (Lipinski definition) is 3. The van der Waals surface area contributed by atoms with Crippen LogP contribution in [0.1, 0.15) is 336 Å². The Morgan fingerprint density at radius 1 is 0.284 bits per heavy atom. The molecule has 19 heteroatoms. The minimum Gasteiger partial charge on any atom is -0.462 e. The van der Waals surface area contributed by atoms with Crippen LogP contribution in [0.5, 0.6) is 0 Å². The number of unbranched alkanes of at least 4 members (excludes halogenated alkanes) is 33. The predicted octanol–water partition coefficient (Wildman–Crippen LogP) is 23.3. The molecule has 588 valence electrons. The molecular weight excluding hydrogens is 1330 g/mol. The fourth-order valence-corrected chi connectivity index (χ4v) is 12.1. The van der Waals surface area contributed by atoms with Crippen LogP contribution < -0.4 is 0 Å². The van der Waals surface area contributed by atoms with Gasteiger partial charge in [0, 0.05) is 25.7 Å². The largest absolute Gasteiger partial charge is 0.472 e. The molecule has 0 rings (SSSR count). The van der Waals surface area contributed by atoms with E-state index in [-0.39, 0.29) is 25.7 Å². The molecule has 102 heavy (non-hydrogen) atoms. The zero-order chi connectivity index (χ0) is 74.6. The van der Waals surface area contributed by atoms with Crippen LogP contribution >= 0.6 is 15.6 Å². The molecule has 0 aromatic carbocycles. The predicted molar refractivity (Wildman–Crippen MR) is 418 cm³/mol. The van der Waals surface area contributed by atoms with Gasteiger partial charge in [0.25, 0.3) is 0 Å². The molecule has 3 N–H and O–H groups in total. The summed E-state index contributed by atoms with van der Waals surface area (Å²) in [6, 6.07) is 0. The van der Waals surface area contributed by atoms with Crippen molar-refractivity contribution in [2.75, 3.05) is 39.6 Å². The quantitative estimate of drug-likeness (QED) is 0.0128. The van der Waals surface area contributed by atoms with Crippen LogP contribution in [0, 0.1) is 0 Å². The van der Waals surface area contributed by atoms with E-state index in [1.807, 2.05) is 12.2 Å². The topological polar surface area (TPSA) is 237 Å². The van der Waals surface area contributed by atoms with Gasteiger partial charge in [-0.1, -0.05) is 278 Å². The molecule has 0 amide bonds. The molecule has 0 aliphatic carbocycles. The van der Waals surface area contributed by atoms with Crippen molar-refractivity contribution in [1.29, 1.82) is 0 Å². The van der Waals surface area contributed by atoms with E-state index in [1.54, 1.807) is 0 Å². The molecule has 0 heterocycles. The normalized spacial score (nSPS) is 14.5. The van der Waals surface area contributed by atoms with Crippen molar-refractivity contribution in [3.8, 4) is 0 Å².